The summed E-state index contributed by atoms with van der Waals surface area (Å²) in [6.07, 6.45) is 8.37. The van der Waals surface area contributed by atoms with Gasteiger partial charge in [0, 0.05) is 12.1 Å². The van der Waals surface area contributed by atoms with Crippen LogP contribution in [0.15, 0.2) is 0 Å². The van der Waals surface area contributed by atoms with Crippen LogP contribution in [0.1, 0.15) is 50.0 Å². The molecule has 4 heteroatoms. The number of nitrogens with zero attached hydrogens (tertiary/aromatic N) is 1. The van der Waals surface area contributed by atoms with Crippen molar-refractivity contribution in [3.63, 3.8) is 0 Å². The third-order valence-electron chi connectivity index (χ3n) is 4.68. The van der Waals surface area contributed by atoms with Gasteiger partial charge in [0.25, 0.3) is 0 Å². The molecule has 1 heterocycles. The number of hydrogen-bond acceptors (Lipinski definition) is 4. The van der Waals surface area contributed by atoms with Crippen molar-refractivity contribution in [1.82, 2.24) is 4.37 Å². The smallest absolute Gasteiger partial charge is 0.142 e. The molecule has 1 aromatic heterocycles. The molecule has 3 aliphatic rings. The van der Waals surface area contributed by atoms with Crippen LogP contribution in [0, 0.1) is 11.3 Å². The van der Waals surface area contributed by atoms with E-state index < -0.39 is 0 Å². The molecule has 3 fully saturated rings. The van der Waals surface area contributed by atoms with Gasteiger partial charge in [0.05, 0.1) is 0 Å². The van der Waals surface area contributed by atoms with E-state index in [9.17, 15) is 0 Å². The number of anilines is 2. The molecule has 0 saturated heterocycles. The number of nitrogens with two attached hydrogens (primary N) is 1. The van der Waals surface area contributed by atoms with E-state index in [2.05, 4.69) is 9.69 Å². The van der Waals surface area contributed by atoms with E-state index in [-0.39, 0.29) is 0 Å². The van der Waals surface area contributed by atoms with E-state index in [1.54, 1.807) is 11.5 Å². The number of rotatable bonds is 5. The summed E-state index contributed by atoms with van der Waals surface area (Å²) in [6.45, 7) is 1.15. The Morgan fingerprint density at radius 2 is 2.06 bits per heavy atom. The monoisotopic (exact) mass is 249 g/mol. The predicted octanol–water partition coefficient (Wildman–Crippen LogP) is 3.20. The maximum absolute atomic E-state index is 5.97. The molecule has 0 aromatic carbocycles. The van der Waals surface area contributed by atoms with E-state index in [0.717, 1.165) is 18.3 Å². The van der Waals surface area contributed by atoms with Gasteiger partial charge in [0.1, 0.15) is 10.8 Å². The molecule has 4 rings (SSSR count). The zero-order chi connectivity index (χ0) is 11.5. The summed E-state index contributed by atoms with van der Waals surface area (Å²) in [5.41, 5.74) is 7.94. The number of nitrogen functional groups attached to an aromatic ring is 1. The van der Waals surface area contributed by atoms with E-state index in [1.807, 2.05) is 0 Å². The van der Waals surface area contributed by atoms with Crippen LogP contribution in [0.3, 0.4) is 0 Å². The minimum atomic E-state index is 0.652. The number of hydrogen-bond donors (Lipinski definition) is 2. The van der Waals surface area contributed by atoms with Crippen LogP contribution in [-0.2, 0) is 0 Å². The molecule has 0 aliphatic heterocycles. The van der Waals surface area contributed by atoms with Crippen molar-refractivity contribution >= 4 is 22.4 Å². The van der Waals surface area contributed by atoms with Gasteiger partial charge in [0.2, 0.25) is 0 Å². The van der Waals surface area contributed by atoms with Crippen LogP contribution in [0.2, 0.25) is 0 Å². The highest BCUT2D eigenvalue weighted by molar-refractivity contribution is 7.10. The average molecular weight is 249 g/mol. The third-order valence-corrected chi connectivity index (χ3v) is 5.51. The molecule has 0 atom stereocenters. The van der Waals surface area contributed by atoms with E-state index >= 15 is 0 Å². The fraction of sp³-hybridized carbons (Fsp3) is 0.769. The van der Waals surface area contributed by atoms with Crippen molar-refractivity contribution in [2.24, 2.45) is 11.3 Å². The fourth-order valence-corrected chi connectivity index (χ4v) is 3.84. The highest BCUT2D eigenvalue weighted by atomic mass is 32.1. The first-order chi connectivity index (χ1) is 8.28. The molecule has 0 radical (unpaired) electrons. The highest BCUT2D eigenvalue weighted by Gasteiger charge is 2.53. The molecule has 0 unspecified atom stereocenters. The van der Waals surface area contributed by atoms with Crippen LogP contribution in [0.5, 0.6) is 0 Å². The lowest BCUT2D eigenvalue weighted by Crippen LogP contribution is -2.17. The Labute approximate surface area is 106 Å². The van der Waals surface area contributed by atoms with Gasteiger partial charge >= 0.3 is 0 Å². The van der Waals surface area contributed by atoms with Gasteiger partial charge in [-0.2, -0.15) is 4.37 Å². The van der Waals surface area contributed by atoms with Crippen molar-refractivity contribution < 1.29 is 0 Å². The zero-order valence-electron chi connectivity index (χ0n) is 10.0. The first-order valence-electron chi connectivity index (χ1n) is 6.77. The molecule has 3 saturated carbocycles. The SMILES string of the molecule is Nc1nsc(NCC2(C3CC3)CC2)c1C1CC1. The van der Waals surface area contributed by atoms with E-state index in [4.69, 9.17) is 5.73 Å². The van der Waals surface area contributed by atoms with Gasteiger partial charge in [-0.1, -0.05) is 0 Å². The van der Waals surface area contributed by atoms with Crippen molar-refractivity contribution in [2.75, 3.05) is 17.6 Å². The Morgan fingerprint density at radius 3 is 2.65 bits per heavy atom. The maximum Gasteiger partial charge on any atom is 0.142 e. The minimum absolute atomic E-state index is 0.652. The first-order valence-corrected chi connectivity index (χ1v) is 7.55. The van der Waals surface area contributed by atoms with Crippen molar-refractivity contribution in [1.29, 1.82) is 0 Å². The van der Waals surface area contributed by atoms with Crippen LogP contribution >= 0.6 is 11.5 Å². The molecule has 3 N–H and O–H groups in total. The molecule has 17 heavy (non-hydrogen) atoms. The average Bonchev–Trinajstić information content (AvgIpc) is 3.18. The Morgan fingerprint density at radius 1 is 1.29 bits per heavy atom. The lowest BCUT2D eigenvalue weighted by atomic mass is 10.0. The predicted molar refractivity (Wildman–Crippen MR) is 71.4 cm³/mol. The van der Waals surface area contributed by atoms with E-state index in [0.29, 0.717) is 11.3 Å². The highest BCUT2D eigenvalue weighted by Crippen LogP contribution is 2.61. The van der Waals surface area contributed by atoms with Crippen molar-refractivity contribution in [2.45, 2.75) is 44.4 Å². The summed E-state index contributed by atoms with van der Waals surface area (Å²) in [6, 6.07) is 0. The topological polar surface area (TPSA) is 50.9 Å². The van der Waals surface area contributed by atoms with Gasteiger partial charge in [-0.05, 0) is 67.3 Å². The van der Waals surface area contributed by atoms with E-state index in [1.165, 1.54) is 49.1 Å². The molecule has 92 valence electrons. The molecular weight excluding hydrogens is 230 g/mol. The lowest BCUT2D eigenvalue weighted by molar-refractivity contribution is 0.467. The minimum Gasteiger partial charge on any atom is -0.383 e. The molecule has 3 nitrogen and oxygen atoms in total. The summed E-state index contributed by atoms with van der Waals surface area (Å²) >= 11 is 1.56. The molecule has 1 aromatic rings. The Balaban J connectivity index is 1.48. The van der Waals surface area contributed by atoms with Crippen molar-refractivity contribution in [3.8, 4) is 0 Å². The Hall–Kier alpha value is -0.770. The molecule has 0 bridgehead atoms. The summed E-state index contributed by atoms with van der Waals surface area (Å²) in [4.78, 5) is 0. The zero-order valence-corrected chi connectivity index (χ0v) is 10.9. The first kappa shape index (κ1) is 10.2. The van der Waals surface area contributed by atoms with Crippen LogP contribution in [-0.4, -0.2) is 10.9 Å². The third kappa shape index (κ3) is 1.73. The largest absolute Gasteiger partial charge is 0.383 e. The van der Waals surface area contributed by atoms with Crippen molar-refractivity contribution in [3.05, 3.63) is 5.56 Å². The number of nitrogens with one attached hydrogen (secondary N) is 1. The molecular formula is C13H19N3S. The number of aromatic nitrogens is 1. The quantitative estimate of drug-likeness (QED) is 0.842. The van der Waals surface area contributed by atoms with Gasteiger partial charge in [-0.3, -0.25) is 0 Å². The van der Waals surface area contributed by atoms with Gasteiger partial charge in [-0.25, -0.2) is 0 Å². The van der Waals surface area contributed by atoms with Gasteiger partial charge in [-0.15, -0.1) is 0 Å². The van der Waals surface area contributed by atoms with Gasteiger partial charge < -0.3 is 11.1 Å². The Bertz CT molecular complexity index is 442. The van der Waals surface area contributed by atoms with Crippen LogP contribution in [0.25, 0.3) is 0 Å². The fourth-order valence-electron chi connectivity index (χ4n) is 3.05. The molecule has 3 aliphatic carbocycles. The standard InChI is InChI=1S/C13H19N3S/c14-11-10(8-1-2-8)12(17-16-11)15-7-13(5-6-13)9-3-4-9/h8-9,15H,1-7H2,(H2,14,16). The summed E-state index contributed by atoms with van der Waals surface area (Å²) in [5, 5.41) is 4.92. The Kier molecular flexibility index (Phi) is 2.02. The molecule has 0 amide bonds. The second kappa shape index (κ2) is 3.37. The second-order valence-corrected chi connectivity index (χ2v) is 6.85. The second-order valence-electron chi connectivity index (χ2n) is 6.08. The van der Waals surface area contributed by atoms with Crippen LogP contribution < -0.4 is 11.1 Å². The summed E-state index contributed by atoms with van der Waals surface area (Å²) in [7, 11) is 0. The normalized spacial score (nSPS) is 25.9. The summed E-state index contributed by atoms with van der Waals surface area (Å²) in [5.74, 6) is 2.49. The maximum atomic E-state index is 5.97. The van der Waals surface area contributed by atoms with Gasteiger partial charge in [0.15, 0.2) is 0 Å². The molecule has 0 spiro atoms. The summed E-state index contributed by atoms with van der Waals surface area (Å²) < 4.78 is 4.32. The van der Waals surface area contributed by atoms with Crippen LogP contribution in [0.4, 0.5) is 10.8 Å². The lowest BCUT2D eigenvalue weighted by Gasteiger charge is -2.15.